The zero-order valence-electron chi connectivity index (χ0n) is 11.7. The summed E-state index contributed by atoms with van der Waals surface area (Å²) in [6.45, 7) is 4.38. The van der Waals surface area contributed by atoms with Gasteiger partial charge in [-0.3, -0.25) is 9.58 Å². The molecule has 1 aliphatic rings. The van der Waals surface area contributed by atoms with Crippen molar-refractivity contribution in [1.29, 1.82) is 0 Å². The molecule has 0 unspecified atom stereocenters. The second kappa shape index (κ2) is 6.15. The molecule has 1 aromatic carbocycles. The van der Waals surface area contributed by atoms with E-state index in [-0.39, 0.29) is 0 Å². The first-order chi connectivity index (χ1) is 9.85. The summed E-state index contributed by atoms with van der Waals surface area (Å²) in [5.74, 6) is 0. The van der Waals surface area contributed by atoms with E-state index in [0.29, 0.717) is 6.54 Å². The molecule has 3 rings (SSSR count). The van der Waals surface area contributed by atoms with Crippen molar-refractivity contribution in [2.24, 2.45) is 5.73 Å². The molecule has 2 N–H and O–H groups in total. The maximum atomic E-state index is 5.52. The van der Waals surface area contributed by atoms with Gasteiger partial charge < -0.3 is 5.73 Å². The number of nitrogens with zero attached hydrogens (tertiary/aromatic N) is 4. The summed E-state index contributed by atoms with van der Waals surface area (Å²) in [6.07, 6.45) is 4.24. The predicted octanol–water partition coefficient (Wildman–Crippen LogP) is 0.838. The first kappa shape index (κ1) is 13.3. The van der Waals surface area contributed by atoms with Gasteiger partial charge in [0.25, 0.3) is 0 Å². The third-order valence-electron chi connectivity index (χ3n) is 3.84. The fourth-order valence-electron chi connectivity index (χ4n) is 2.75. The number of hydrogen-bond acceptors (Lipinski definition) is 4. The van der Waals surface area contributed by atoms with Gasteiger partial charge in [-0.2, -0.15) is 0 Å². The first-order valence-electron chi connectivity index (χ1n) is 7.23. The van der Waals surface area contributed by atoms with Gasteiger partial charge in [-0.25, -0.2) is 0 Å². The number of nitrogens with two attached hydrogens (primary N) is 1. The summed E-state index contributed by atoms with van der Waals surface area (Å²) in [4.78, 5) is 2.46. The molecule has 0 aliphatic carbocycles. The van der Waals surface area contributed by atoms with Crippen LogP contribution in [0.1, 0.15) is 16.8 Å². The van der Waals surface area contributed by atoms with Crippen LogP contribution >= 0.6 is 0 Å². The molecule has 2 aromatic rings. The molecular weight excluding hydrogens is 250 g/mol. The summed E-state index contributed by atoms with van der Waals surface area (Å²) in [5, 5.41) is 8.32. The van der Waals surface area contributed by atoms with Gasteiger partial charge in [-0.1, -0.05) is 29.5 Å². The van der Waals surface area contributed by atoms with Crippen molar-refractivity contribution < 1.29 is 0 Å². The summed E-state index contributed by atoms with van der Waals surface area (Å²) in [6, 6.07) is 8.76. The molecule has 0 fully saturated rings. The fraction of sp³-hybridized carbons (Fsp3) is 0.467. The van der Waals surface area contributed by atoms with Crippen molar-refractivity contribution in [3.63, 3.8) is 0 Å². The highest BCUT2D eigenvalue weighted by molar-refractivity contribution is 5.28. The largest absolute Gasteiger partial charge is 0.329 e. The second-order valence-corrected chi connectivity index (χ2v) is 5.31. The second-order valence-electron chi connectivity index (χ2n) is 5.31. The molecule has 0 bridgehead atoms. The third kappa shape index (κ3) is 3.05. The Kier molecular flexibility index (Phi) is 4.08. The monoisotopic (exact) mass is 271 g/mol. The zero-order chi connectivity index (χ0) is 13.8. The molecule has 5 heteroatoms. The van der Waals surface area contributed by atoms with E-state index >= 15 is 0 Å². The summed E-state index contributed by atoms with van der Waals surface area (Å²) < 4.78 is 1.82. The van der Waals surface area contributed by atoms with E-state index in [1.54, 1.807) is 0 Å². The lowest BCUT2D eigenvalue weighted by Gasteiger charge is -2.17. The fourth-order valence-corrected chi connectivity index (χ4v) is 2.75. The van der Waals surface area contributed by atoms with Crippen LogP contribution in [0.3, 0.4) is 0 Å². The maximum Gasteiger partial charge on any atom is 0.0967 e. The van der Waals surface area contributed by atoms with Crippen LogP contribution in [0.2, 0.25) is 0 Å². The highest BCUT2D eigenvalue weighted by atomic mass is 15.4. The van der Waals surface area contributed by atoms with Crippen LogP contribution in [0, 0.1) is 0 Å². The van der Waals surface area contributed by atoms with Gasteiger partial charge in [0, 0.05) is 32.4 Å². The van der Waals surface area contributed by atoms with E-state index in [0.717, 1.165) is 44.7 Å². The van der Waals surface area contributed by atoms with Gasteiger partial charge in [0.05, 0.1) is 12.2 Å². The molecule has 106 valence electrons. The van der Waals surface area contributed by atoms with Crippen LogP contribution in [0.5, 0.6) is 0 Å². The number of rotatable bonds is 4. The highest BCUT2D eigenvalue weighted by Gasteiger charge is 2.14. The minimum Gasteiger partial charge on any atom is -0.329 e. The lowest BCUT2D eigenvalue weighted by molar-refractivity contribution is 0.276. The SMILES string of the molecule is NCCn1cc(CN2CCc3ccccc3CC2)nn1. The molecule has 0 saturated carbocycles. The van der Waals surface area contributed by atoms with Crippen LogP contribution in [0.25, 0.3) is 0 Å². The Labute approximate surface area is 119 Å². The average Bonchev–Trinajstić information content (AvgIpc) is 2.80. The van der Waals surface area contributed by atoms with Gasteiger partial charge in [0.15, 0.2) is 0 Å². The van der Waals surface area contributed by atoms with E-state index in [1.807, 2.05) is 10.9 Å². The normalized spacial score (nSPS) is 15.8. The Balaban J connectivity index is 1.62. The number of aromatic nitrogens is 3. The first-order valence-corrected chi connectivity index (χ1v) is 7.23. The number of benzene rings is 1. The summed E-state index contributed by atoms with van der Waals surface area (Å²) in [5.41, 5.74) is 9.53. The van der Waals surface area contributed by atoms with Gasteiger partial charge in [-0.15, -0.1) is 5.10 Å². The van der Waals surface area contributed by atoms with Crippen molar-refractivity contribution in [2.75, 3.05) is 19.6 Å². The van der Waals surface area contributed by atoms with Crippen LogP contribution in [-0.4, -0.2) is 39.5 Å². The van der Waals surface area contributed by atoms with Crippen molar-refractivity contribution in [3.05, 3.63) is 47.3 Å². The van der Waals surface area contributed by atoms with Crippen molar-refractivity contribution in [3.8, 4) is 0 Å². The quantitative estimate of drug-likeness (QED) is 0.895. The van der Waals surface area contributed by atoms with Crippen molar-refractivity contribution >= 4 is 0 Å². The highest BCUT2D eigenvalue weighted by Crippen LogP contribution is 2.16. The standard InChI is InChI=1S/C15H21N5/c16-7-10-20-12-15(17-18-20)11-19-8-5-13-3-1-2-4-14(13)6-9-19/h1-4,12H,5-11,16H2. The Morgan fingerprint density at radius 2 is 1.80 bits per heavy atom. The molecule has 5 nitrogen and oxygen atoms in total. The van der Waals surface area contributed by atoms with Gasteiger partial charge >= 0.3 is 0 Å². The molecule has 20 heavy (non-hydrogen) atoms. The van der Waals surface area contributed by atoms with E-state index < -0.39 is 0 Å². The van der Waals surface area contributed by atoms with Crippen LogP contribution in [-0.2, 0) is 25.9 Å². The molecule has 0 saturated heterocycles. The van der Waals surface area contributed by atoms with Gasteiger partial charge in [0.1, 0.15) is 0 Å². The van der Waals surface area contributed by atoms with Crippen LogP contribution in [0.15, 0.2) is 30.5 Å². The summed E-state index contributed by atoms with van der Waals surface area (Å²) >= 11 is 0. The predicted molar refractivity (Wildman–Crippen MR) is 78.2 cm³/mol. The summed E-state index contributed by atoms with van der Waals surface area (Å²) in [7, 11) is 0. The average molecular weight is 271 g/mol. The molecular formula is C15H21N5. The Hall–Kier alpha value is -1.72. The molecule has 0 spiro atoms. The van der Waals surface area contributed by atoms with E-state index in [2.05, 4.69) is 39.5 Å². The third-order valence-corrected chi connectivity index (χ3v) is 3.84. The molecule has 0 atom stereocenters. The number of hydrogen-bond donors (Lipinski definition) is 1. The van der Waals surface area contributed by atoms with E-state index in [9.17, 15) is 0 Å². The van der Waals surface area contributed by atoms with Crippen molar-refractivity contribution in [1.82, 2.24) is 19.9 Å². The van der Waals surface area contributed by atoms with Gasteiger partial charge in [-0.05, 0) is 24.0 Å². The maximum absolute atomic E-state index is 5.52. The molecule has 0 radical (unpaired) electrons. The van der Waals surface area contributed by atoms with Crippen LogP contribution < -0.4 is 5.73 Å². The Morgan fingerprint density at radius 1 is 1.10 bits per heavy atom. The topological polar surface area (TPSA) is 60.0 Å². The van der Waals surface area contributed by atoms with Gasteiger partial charge in [0.2, 0.25) is 0 Å². The Morgan fingerprint density at radius 3 is 2.45 bits per heavy atom. The molecule has 1 aliphatic heterocycles. The smallest absolute Gasteiger partial charge is 0.0967 e. The lowest BCUT2D eigenvalue weighted by atomic mass is 10.0. The minimum atomic E-state index is 0.599. The molecule has 2 heterocycles. The lowest BCUT2D eigenvalue weighted by Crippen LogP contribution is -2.26. The van der Waals surface area contributed by atoms with Crippen molar-refractivity contribution in [2.45, 2.75) is 25.9 Å². The number of fused-ring (bicyclic) bond motifs is 1. The minimum absolute atomic E-state index is 0.599. The van der Waals surface area contributed by atoms with E-state index in [1.165, 1.54) is 11.1 Å². The molecule has 0 amide bonds. The van der Waals surface area contributed by atoms with E-state index in [4.69, 9.17) is 5.73 Å². The zero-order valence-corrected chi connectivity index (χ0v) is 11.7. The van der Waals surface area contributed by atoms with Crippen LogP contribution in [0.4, 0.5) is 0 Å². The Bertz CT molecular complexity index is 536. The molecule has 1 aromatic heterocycles.